The van der Waals surface area contributed by atoms with E-state index in [1.165, 1.54) is 7.11 Å². The highest BCUT2D eigenvalue weighted by Crippen LogP contribution is 2.46. The Hall–Kier alpha value is -2.08. The standard InChI is InChI=1S/C22H21Cl2NO4/c1-28-22(27)20(14-2-3-14)25-18(26)12-29-21(15-6-10-17(24)11-7-15)19(25)13-4-8-16(23)9-5-13/h4-11,14,19-21H,2-3,12H2,1H3/t19-,20+,21+/m1/s1. The molecule has 1 aliphatic heterocycles. The Labute approximate surface area is 179 Å². The van der Waals surface area contributed by atoms with Crippen LogP contribution in [-0.2, 0) is 19.1 Å². The molecule has 1 amide bonds. The van der Waals surface area contributed by atoms with Crippen LogP contribution in [0.25, 0.3) is 0 Å². The molecule has 152 valence electrons. The number of nitrogens with zero attached hydrogens (tertiary/aromatic N) is 1. The van der Waals surface area contributed by atoms with Gasteiger partial charge in [-0.15, -0.1) is 0 Å². The highest BCUT2D eigenvalue weighted by Gasteiger charge is 2.50. The molecule has 0 aromatic heterocycles. The maximum absolute atomic E-state index is 13.0. The number of ether oxygens (including phenoxy) is 2. The molecule has 2 aliphatic rings. The average molecular weight is 434 g/mol. The molecule has 2 aromatic rings. The van der Waals surface area contributed by atoms with E-state index in [1.54, 1.807) is 29.2 Å². The van der Waals surface area contributed by atoms with Crippen LogP contribution in [0.15, 0.2) is 48.5 Å². The van der Waals surface area contributed by atoms with Gasteiger partial charge in [-0.1, -0.05) is 47.5 Å². The lowest BCUT2D eigenvalue weighted by atomic mass is 9.90. The lowest BCUT2D eigenvalue weighted by Crippen LogP contribution is -2.54. The highest BCUT2D eigenvalue weighted by molar-refractivity contribution is 6.30. The second kappa shape index (κ2) is 8.34. The molecule has 1 saturated carbocycles. The Kier molecular flexibility index (Phi) is 5.81. The van der Waals surface area contributed by atoms with Crippen LogP contribution in [0.3, 0.4) is 0 Å². The maximum Gasteiger partial charge on any atom is 0.328 e. The van der Waals surface area contributed by atoms with Gasteiger partial charge in [0.2, 0.25) is 5.91 Å². The second-order valence-corrected chi connectivity index (χ2v) is 8.26. The minimum absolute atomic E-state index is 0.0996. The summed E-state index contributed by atoms with van der Waals surface area (Å²) in [7, 11) is 1.36. The molecular weight excluding hydrogens is 413 g/mol. The van der Waals surface area contributed by atoms with E-state index in [2.05, 4.69) is 0 Å². The largest absolute Gasteiger partial charge is 0.467 e. The van der Waals surface area contributed by atoms with Crippen LogP contribution < -0.4 is 0 Å². The van der Waals surface area contributed by atoms with Gasteiger partial charge in [0, 0.05) is 10.0 Å². The second-order valence-electron chi connectivity index (χ2n) is 7.39. The van der Waals surface area contributed by atoms with Gasteiger partial charge in [-0.25, -0.2) is 4.79 Å². The fraction of sp³-hybridized carbons (Fsp3) is 0.364. The van der Waals surface area contributed by atoms with E-state index in [9.17, 15) is 9.59 Å². The highest BCUT2D eigenvalue weighted by atomic mass is 35.5. The van der Waals surface area contributed by atoms with E-state index in [0.717, 1.165) is 24.0 Å². The van der Waals surface area contributed by atoms with Crippen LogP contribution in [0.5, 0.6) is 0 Å². The van der Waals surface area contributed by atoms with Gasteiger partial charge in [-0.2, -0.15) is 0 Å². The zero-order valence-electron chi connectivity index (χ0n) is 15.9. The summed E-state index contributed by atoms with van der Waals surface area (Å²) in [5, 5.41) is 1.21. The molecule has 0 spiro atoms. The van der Waals surface area contributed by atoms with Gasteiger partial charge in [0.1, 0.15) is 18.8 Å². The summed E-state index contributed by atoms with van der Waals surface area (Å²) in [6.45, 7) is -0.0996. The van der Waals surface area contributed by atoms with Crippen LogP contribution in [0.4, 0.5) is 0 Å². The number of hydrogen-bond donors (Lipinski definition) is 0. The number of methoxy groups -OCH3 is 1. The van der Waals surface area contributed by atoms with E-state index >= 15 is 0 Å². The molecule has 7 heteroatoms. The van der Waals surface area contributed by atoms with Crippen LogP contribution in [0.1, 0.15) is 36.1 Å². The molecule has 3 atom stereocenters. The molecule has 0 N–H and O–H groups in total. The van der Waals surface area contributed by atoms with Gasteiger partial charge in [0.25, 0.3) is 0 Å². The van der Waals surface area contributed by atoms with Crippen LogP contribution in [-0.4, -0.2) is 36.5 Å². The minimum atomic E-state index is -0.633. The van der Waals surface area contributed by atoms with Crippen molar-refractivity contribution in [1.82, 2.24) is 4.90 Å². The molecule has 0 unspecified atom stereocenters. The number of amides is 1. The van der Waals surface area contributed by atoms with Crippen molar-refractivity contribution < 1.29 is 19.1 Å². The number of morpholine rings is 1. The average Bonchev–Trinajstić information content (AvgIpc) is 3.55. The van der Waals surface area contributed by atoms with Gasteiger partial charge in [-0.05, 0) is 54.2 Å². The summed E-state index contributed by atoms with van der Waals surface area (Å²) in [5.41, 5.74) is 1.73. The van der Waals surface area contributed by atoms with Gasteiger partial charge in [-0.3, -0.25) is 4.79 Å². The molecule has 4 rings (SSSR count). The molecule has 1 heterocycles. The van der Waals surface area contributed by atoms with Crippen molar-refractivity contribution in [3.8, 4) is 0 Å². The van der Waals surface area contributed by atoms with Crippen molar-refractivity contribution in [2.24, 2.45) is 5.92 Å². The Morgan fingerprint density at radius 1 is 1.03 bits per heavy atom. The summed E-state index contributed by atoms with van der Waals surface area (Å²) >= 11 is 12.1. The number of hydrogen-bond acceptors (Lipinski definition) is 4. The number of carbonyl (C=O) groups excluding carboxylic acids is 2. The molecule has 2 fully saturated rings. The number of rotatable bonds is 5. The smallest absolute Gasteiger partial charge is 0.328 e. The van der Waals surface area contributed by atoms with Gasteiger partial charge in [0.05, 0.1) is 13.2 Å². The number of carbonyl (C=O) groups is 2. The quantitative estimate of drug-likeness (QED) is 0.647. The Morgan fingerprint density at radius 3 is 2.10 bits per heavy atom. The zero-order chi connectivity index (χ0) is 20.5. The number of benzene rings is 2. The Balaban J connectivity index is 1.81. The van der Waals surface area contributed by atoms with Crippen LogP contribution >= 0.6 is 23.2 Å². The first-order valence-electron chi connectivity index (χ1n) is 9.51. The maximum atomic E-state index is 13.0. The number of halogens is 2. The third-order valence-corrected chi connectivity index (χ3v) is 5.99. The summed E-state index contributed by atoms with van der Waals surface area (Å²) in [6.07, 6.45) is 1.34. The first-order chi connectivity index (χ1) is 14.0. The first-order valence-corrected chi connectivity index (χ1v) is 10.3. The predicted molar refractivity (Wildman–Crippen MR) is 110 cm³/mol. The molecule has 0 bridgehead atoms. The Bertz CT molecular complexity index is 896. The van der Waals surface area contributed by atoms with E-state index < -0.39 is 24.2 Å². The number of esters is 1. The third kappa shape index (κ3) is 4.13. The molecular formula is C22H21Cl2NO4. The topological polar surface area (TPSA) is 55.8 Å². The summed E-state index contributed by atoms with van der Waals surface area (Å²) in [6, 6.07) is 13.5. The summed E-state index contributed by atoms with van der Waals surface area (Å²) in [5.74, 6) is -0.515. The zero-order valence-corrected chi connectivity index (χ0v) is 17.4. The minimum Gasteiger partial charge on any atom is -0.467 e. The third-order valence-electron chi connectivity index (χ3n) is 5.48. The lowest BCUT2D eigenvalue weighted by molar-refractivity contribution is -0.173. The molecule has 29 heavy (non-hydrogen) atoms. The molecule has 2 aromatic carbocycles. The van der Waals surface area contributed by atoms with Gasteiger partial charge in [0.15, 0.2) is 0 Å². The molecule has 5 nitrogen and oxygen atoms in total. The monoisotopic (exact) mass is 433 g/mol. The van der Waals surface area contributed by atoms with Gasteiger partial charge < -0.3 is 14.4 Å². The normalized spacial score (nSPS) is 23.0. The van der Waals surface area contributed by atoms with E-state index in [4.69, 9.17) is 32.7 Å². The van der Waals surface area contributed by atoms with Crippen molar-refractivity contribution in [3.63, 3.8) is 0 Å². The van der Waals surface area contributed by atoms with Crippen LogP contribution in [0, 0.1) is 5.92 Å². The Morgan fingerprint density at radius 2 is 1.59 bits per heavy atom. The fourth-order valence-corrected chi connectivity index (χ4v) is 4.20. The van der Waals surface area contributed by atoms with Gasteiger partial charge >= 0.3 is 5.97 Å². The molecule has 1 aliphatic carbocycles. The summed E-state index contributed by atoms with van der Waals surface area (Å²) < 4.78 is 11.1. The van der Waals surface area contributed by atoms with Crippen molar-refractivity contribution in [2.75, 3.05) is 13.7 Å². The van der Waals surface area contributed by atoms with Crippen molar-refractivity contribution >= 4 is 35.1 Å². The fourth-order valence-electron chi connectivity index (χ4n) is 3.95. The van der Waals surface area contributed by atoms with Crippen molar-refractivity contribution in [3.05, 3.63) is 69.7 Å². The SMILES string of the molecule is COC(=O)[C@H](C1CC1)N1C(=O)CO[C@@H](c2ccc(Cl)cc2)[C@H]1c1ccc(Cl)cc1. The lowest BCUT2D eigenvalue weighted by Gasteiger charge is -2.44. The predicted octanol–water partition coefficient (Wildman–Crippen LogP) is 4.59. The van der Waals surface area contributed by atoms with Crippen LogP contribution in [0.2, 0.25) is 10.0 Å². The van der Waals surface area contributed by atoms with Crippen molar-refractivity contribution in [2.45, 2.75) is 31.0 Å². The molecule has 1 saturated heterocycles. The van der Waals surface area contributed by atoms with E-state index in [0.29, 0.717) is 10.0 Å². The van der Waals surface area contributed by atoms with E-state index in [1.807, 2.05) is 24.3 Å². The van der Waals surface area contributed by atoms with Crippen molar-refractivity contribution in [1.29, 1.82) is 0 Å². The summed E-state index contributed by atoms with van der Waals surface area (Å²) in [4.78, 5) is 27.3. The first kappa shape index (κ1) is 20.2. The molecule has 0 radical (unpaired) electrons. The van der Waals surface area contributed by atoms with E-state index in [-0.39, 0.29) is 18.4 Å².